The molecule has 1 atom stereocenters. The molecule has 4 heteroatoms. The van der Waals surface area contributed by atoms with Gasteiger partial charge in [-0.05, 0) is 17.5 Å². The molecule has 0 heterocycles. The summed E-state index contributed by atoms with van der Waals surface area (Å²) < 4.78 is 13.4. The highest BCUT2D eigenvalue weighted by molar-refractivity contribution is 7.98. The SMILES string of the molecule is CCCC(C)CC(=O)NCCSCc1ccccc1F. The molecule has 1 rings (SSSR count). The fraction of sp³-hybridized carbons (Fsp3) is 0.562. The van der Waals surface area contributed by atoms with Gasteiger partial charge in [-0.3, -0.25) is 4.79 Å². The standard InChI is InChI=1S/C16H24FNOS/c1-3-6-13(2)11-16(19)18-9-10-20-12-14-7-4-5-8-15(14)17/h4-5,7-8,13H,3,6,9-12H2,1-2H3,(H,18,19). The Labute approximate surface area is 125 Å². The van der Waals surface area contributed by atoms with Gasteiger partial charge >= 0.3 is 0 Å². The topological polar surface area (TPSA) is 29.1 Å². The van der Waals surface area contributed by atoms with Crippen LogP contribution >= 0.6 is 11.8 Å². The van der Waals surface area contributed by atoms with Crippen LogP contribution in [0.3, 0.4) is 0 Å². The third-order valence-corrected chi connectivity index (χ3v) is 4.11. The second-order valence-electron chi connectivity index (χ2n) is 5.09. The van der Waals surface area contributed by atoms with Crippen molar-refractivity contribution in [3.63, 3.8) is 0 Å². The lowest BCUT2D eigenvalue weighted by atomic mass is 10.0. The van der Waals surface area contributed by atoms with E-state index < -0.39 is 0 Å². The number of benzene rings is 1. The minimum atomic E-state index is -0.155. The molecule has 1 aromatic carbocycles. The van der Waals surface area contributed by atoms with Gasteiger partial charge in [-0.15, -0.1) is 0 Å². The molecule has 0 aromatic heterocycles. The zero-order valence-corrected chi connectivity index (χ0v) is 13.1. The molecule has 0 aliphatic heterocycles. The smallest absolute Gasteiger partial charge is 0.220 e. The van der Waals surface area contributed by atoms with E-state index in [2.05, 4.69) is 19.2 Å². The van der Waals surface area contributed by atoms with Crippen LogP contribution in [0.25, 0.3) is 0 Å². The normalized spacial score (nSPS) is 12.2. The predicted octanol–water partition coefficient (Wildman–Crippen LogP) is 4.00. The van der Waals surface area contributed by atoms with Crippen LogP contribution in [0.5, 0.6) is 0 Å². The zero-order chi connectivity index (χ0) is 14.8. The molecule has 1 amide bonds. The van der Waals surface area contributed by atoms with Gasteiger partial charge < -0.3 is 5.32 Å². The highest BCUT2D eigenvalue weighted by Crippen LogP contribution is 2.14. The quantitative estimate of drug-likeness (QED) is 0.698. The third kappa shape index (κ3) is 6.94. The van der Waals surface area contributed by atoms with Crippen molar-refractivity contribution in [1.82, 2.24) is 5.32 Å². The number of halogens is 1. The third-order valence-electron chi connectivity index (χ3n) is 3.10. The van der Waals surface area contributed by atoms with Crippen LogP contribution in [0.15, 0.2) is 24.3 Å². The van der Waals surface area contributed by atoms with Crippen LogP contribution in [0.2, 0.25) is 0 Å². The Balaban J connectivity index is 2.10. The van der Waals surface area contributed by atoms with E-state index in [9.17, 15) is 9.18 Å². The summed E-state index contributed by atoms with van der Waals surface area (Å²) in [7, 11) is 0. The maximum absolute atomic E-state index is 13.4. The molecule has 0 radical (unpaired) electrons. The van der Waals surface area contributed by atoms with Crippen molar-refractivity contribution in [2.45, 2.75) is 38.9 Å². The number of nitrogens with one attached hydrogen (secondary N) is 1. The number of carbonyl (C=O) groups excluding carboxylic acids is 1. The Morgan fingerprint density at radius 2 is 2.15 bits per heavy atom. The van der Waals surface area contributed by atoms with Gasteiger partial charge in [0.15, 0.2) is 0 Å². The van der Waals surface area contributed by atoms with E-state index in [0.717, 1.165) is 24.2 Å². The highest BCUT2D eigenvalue weighted by atomic mass is 32.2. The van der Waals surface area contributed by atoms with Gasteiger partial charge in [-0.2, -0.15) is 11.8 Å². The first-order valence-corrected chi connectivity index (χ1v) is 8.36. The van der Waals surface area contributed by atoms with Crippen molar-refractivity contribution in [2.75, 3.05) is 12.3 Å². The van der Waals surface area contributed by atoms with Crippen molar-refractivity contribution in [3.8, 4) is 0 Å². The molecule has 112 valence electrons. The highest BCUT2D eigenvalue weighted by Gasteiger charge is 2.07. The van der Waals surface area contributed by atoms with E-state index >= 15 is 0 Å². The lowest BCUT2D eigenvalue weighted by Gasteiger charge is -2.10. The average Bonchev–Trinajstić information content (AvgIpc) is 2.40. The van der Waals surface area contributed by atoms with E-state index in [0.29, 0.717) is 24.6 Å². The first-order valence-electron chi connectivity index (χ1n) is 7.21. The van der Waals surface area contributed by atoms with Crippen molar-refractivity contribution >= 4 is 17.7 Å². The maximum Gasteiger partial charge on any atom is 0.220 e. The summed E-state index contributed by atoms with van der Waals surface area (Å²) in [5.41, 5.74) is 0.723. The molecular weight excluding hydrogens is 273 g/mol. The maximum atomic E-state index is 13.4. The Morgan fingerprint density at radius 1 is 1.40 bits per heavy atom. The molecule has 2 nitrogen and oxygen atoms in total. The Bertz CT molecular complexity index is 411. The van der Waals surface area contributed by atoms with Crippen LogP contribution in [0, 0.1) is 11.7 Å². The molecule has 0 fully saturated rings. The predicted molar refractivity (Wildman–Crippen MR) is 84.3 cm³/mol. The molecule has 0 saturated heterocycles. The van der Waals surface area contributed by atoms with Crippen LogP contribution in [-0.4, -0.2) is 18.2 Å². The largest absolute Gasteiger partial charge is 0.355 e. The van der Waals surface area contributed by atoms with E-state index in [1.807, 2.05) is 6.07 Å². The van der Waals surface area contributed by atoms with Crippen LogP contribution in [-0.2, 0) is 10.5 Å². The second-order valence-corrected chi connectivity index (χ2v) is 6.20. The van der Waals surface area contributed by atoms with Gasteiger partial charge in [-0.1, -0.05) is 44.9 Å². The summed E-state index contributed by atoms with van der Waals surface area (Å²) in [6.45, 7) is 4.89. The summed E-state index contributed by atoms with van der Waals surface area (Å²) in [4.78, 5) is 11.6. The Kier molecular flexibility index (Phi) is 8.35. The minimum absolute atomic E-state index is 0.123. The number of hydrogen-bond donors (Lipinski definition) is 1. The zero-order valence-electron chi connectivity index (χ0n) is 12.3. The summed E-state index contributed by atoms with van der Waals surface area (Å²) in [6.07, 6.45) is 2.81. The van der Waals surface area contributed by atoms with Crippen LogP contribution in [0.1, 0.15) is 38.7 Å². The van der Waals surface area contributed by atoms with Crippen molar-refractivity contribution < 1.29 is 9.18 Å². The molecule has 0 aliphatic carbocycles. The van der Waals surface area contributed by atoms with Gasteiger partial charge in [0.2, 0.25) is 5.91 Å². The molecule has 0 saturated carbocycles. The summed E-state index contributed by atoms with van der Waals surface area (Å²) >= 11 is 1.64. The molecule has 20 heavy (non-hydrogen) atoms. The Morgan fingerprint density at radius 3 is 2.85 bits per heavy atom. The van der Waals surface area contributed by atoms with Gasteiger partial charge in [0.25, 0.3) is 0 Å². The van der Waals surface area contributed by atoms with Crippen molar-refractivity contribution in [2.24, 2.45) is 5.92 Å². The first kappa shape index (κ1) is 17.0. The van der Waals surface area contributed by atoms with Crippen molar-refractivity contribution in [3.05, 3.63) is 35.6 Å². The minimum Gasteiger partial charge on any atom is -0.355 e. The lowest BCUT2D eigenvalue weighted by molar-refractivity contribution is -0.121. The number of hydrogen-bond acceptors (Lipinski definition) is 2. The lowest BCUT2D eigenvalue weighted by Crippen LogP contribution is -2.27. The van der Waals surface area contributed by atoms with Crippen molar-refractivity contribution in [1.29, 1.82) is 0 Å². The summed E-state index contributed by atoms with van der Waals surface area (Å²) in [6, 6.07) is 6.82. The number of thioether (sulfide) groups is 1. The van der Waals surface area contributed by atoms with Gasteiger partial charge in [0.1, 0.15) is 5.82 Å². The fourth-order valence-electron chi connectivity index (χ4n) is 2.04. The number of amides is 1. The van der Waals surface area contributed by atoms with E-state index in [1.165, 1.54) is 6.07 Å². The van der Waals surface area contributed by atoms with Crippen LogP contribution in [0.4, 0.5) is 4.39 Å². The van der Waals surface area contributed by atoms with Gasteiger partial charge in [0, 0.05) is 24.5 Å². The molecular formula is C16H24FNOS. The summed E-state index contributed by atoms with van der Waals surface area (Å²) in [5, 5.41) is 2.92. The average molecular weight is 297 g/mol. The molecule has 0 aliphatic rings. The first-order chi connectivity index (χ1) is 9.63. The van der Waals surface area contributed by atoms with Gasteiger partial charge in [0.05, 0.1) is 0 Å². The van der Waals surface area contributed by atoms with Gasteiger partial charge in [-0.25, -0.2) is 4.39 Å². The number of carbonyl (C=O) groups is 1. The van der Waals surface area contributed by atoms with E-state index in [1.54, 1.807) is 23.9 Å². The van der Waals surface area contributed by atoms with E-state index in [-0.39, 0.29) is 11.7 Å². The van der Waals surface area contributed by atoms with E-state index in [4.69, 9.17) is 0 Å². The Hall–Kier alpha value is -1.03. The van der Waals surface area contributed by atoms with Crippen LogP contribution < -0.4 is 5.32 Å². The molecule has 1 unspecified atom stereocenters. The fourth-order valence-corrected chi connectivity index (χ4v) is 2.89. The molecule has 1 aromatic rings. The monoisotopic (exact) mass is 297 g/mol. The number of rotatable bonds is 9. The summed E-state index contributed by atoms with van der Waals surface area (Å²) in [5.74, 6) is 1.87. The molecule has 1 N–H and O–H groups in total. The second kappa shape index (κ2) is 9.81. The molecule has 0 bridgehead atoms. The molecule has 0 spiro atoms.